The third kappa shape index (κ3) is 22.2. The summed E-state index contributed by atoms with van der Waals surface area (Å²) in [6, 6.07) is 30.3. The third-order valence-electron chi connectivity index (χ3n) is 23.0. The fourth-order valence-corrected chi connectivity index (χ4v) is 20.1. The molecule has 9 N–H and O–H groups in total. The first-order valence-corrected chi connectivity index (χ1v) is 46.4. The van der Waals surface area contributed by atoms with Gasteiger partial charge in [-0.05, 0) is 199 Å². The molecule has 17 rings (SSSR count). The summed E-state index contributed by atoms with van der Waals surface area (Å²) in [5, 5.41) is 16.8. The molecule has 5 atom stereocenters. The summed E-state index contributed by atoms with van der Waals surface area (Å²) in [4.78, 5) is 127. The van der Waals surface area contributed by atoms with E-state index in [9.17, 15) is 28.8 Å². The Balaban J connectivity index is 0.000000139. The number of hydrogen-bond donors (Lipinski definition) is 5. The number of rotatable bonds is 14. The largest absolute Gasteiger partial charge is 0.369 e. The van der Waals surface area contributed by atoms with Gasteiger partial charge in [0.25, 0.3) is 0 Å². The summed E-state index contributed by atoms with van der Waals surface area (Å²) < 4.78 is 4.54. The number of carbonyl (C=O) groups is 6. The Morgan fingerprint density at radius 2 is 0.915 bits per heavy atom. The van der Waals surface area contributed by atoms with E-state index >= 15 is 0 Å². The van der Waals surface area contributed by atoms with Crippen molar-refractivity contribution in [3.8, 4) is 115 Å². The number of hydrogen-bond acceptors (Lipinski definition) is 26. The number of thiophene rings is 4. The number of aliphatic imine (C=N–C) groups is 4. The molecule has 8 aromatic heterocycles. The van der Waals surface area contributed by atoms with Crippen LogP contribution in [-0.2, 0) is 56.3 Å². The lowest BCUT2D eigenvalue weighted by atomic mass is 9.77. The first-order valence-electron chi connectivity index (χ1n) is 42.1. The summed E-state index contributed by atoms with van der Waals surface area (Å²) >= 11 is 7.69. The molecule has 6 aliphatic heterocycles. The van der Waals surface area contributed by atoms with Gasteiger partial charge in [-0.3, -0.25) is 63.7 Å². The number of benzene rings is 2. The van der Waals surface area contributed by atoms with Gasteiger partial charge >= 0.3 is 0 Å². The van der Waals surface area contributed by atoms with Crippen molar-refractivity contribution < 1.29 is 28.8 Å². The van der Waals surface area contributed by atoms with E-state index in [2.05, 4.69) is 156 Å². The fourth-order valence-electron chi connectivity index (χ4n) is 15.2. The number of likely N-dealkylation sites (tertiary alicyclic amines) is 2. The van der Waals surface area contributed by atoms with Crippen LogP contribution in [0, 0.1) is 70.5 Å². The maximum Gasteiger partial charge on any atom is 0.231 e. The average molecular weight is 1830 g/mol. The van der Waals surface area contributed by atoms with E-state index in [0.29, 0.717) is 68.3 Å². The Morgan fingerprint density at radius 1 is 0.438 bits per heavy atom. The molecule has 2 aromatic carbocycles. The zero-order valence-corrected chi connectivity index (χ0v) is 78.9. The Labute approximate surface area is 777 Å². The van der Waals surface area contributed by atoms with Gasteiger partial charge in [-0.15, -0.1) is 57.2 Å². The van der Waals surface area contributed by atoms with E-state index in [1.165, 1.54) is 61.6 Å². The van der Waals surface area contributed by atoms with Crippen LogP contribution in [0.25, 0.3) is 56.0 Å². The molecule has 2 saturated heterocycles. The quantitative estimate of drug-likeness (QED) is 0.0631. The number of guanidine groups is 4. The molecule has 0 bridgehead atoms. The fraction of sp³-hybridized carbons (Fsp3) is 0.337. The molecule has 6 amide bonds. The second kappa shape index (κ2) is 40.3. The van der Waals surface area contributed by atoms with Crippen molar-refractivity contribution in [2.75, 3.05) is 47.8 Å². The second-order valence-electron chi connectivity index (χ2n) is 33.4. The van der Waals surface area contributed by atoms with Crippen LogP contribution in [0.1, 0.15) is 185 Å². The molecular formula is C98H101N21O6S5. The number of pyridine rings is 1. The first kappa shape index (κ1) is 94.0. The highest BCUT2D eigenvalue weighted by atomic mass is 32.1. The number of amides is 6. The Bertz CT molecular complexity index is 6180. The van der Waals surface area contributed by atoms with Gasteiger partial charge in [0.2, 0.25) is 35.4 Å². The zero-order chi connectivity index (χ0) is 93.0. The number of nitrogens with two attached hydrogens (primary N) is 4. The van der Waals surface area contributed by atoms with E-state index in [1.807, 2.05) is 124 Å². The van der Waals surface area contributed by atoms with Crippen LogP contribution < -0.4 is 22.9 Å². The molecule has 1 aliphatic carbocycles. The molecule has 14 heterocycles. The van der Waals surface area contributed by atoms with Gasteiger partial charge in [0.15, 0.2) is 23.8 Å². The van der Waals surface area contributed by atoms with Crippen molar-refractivity contribution in [3.05, 3.63) is 196 Å². The number of carbonyl (C=O) groups excluding carboxylic acids is 6. The maximum absolute atomic E-state index is 13.0. The van der Waals surface area contributed by atoms with E-state index in [1.54, 1.807) is 99.5 Å². The number of piperidine rings is 1. The average Bonchev–Trinajstić information content (AvgIpc) is 1.53. The highest BCUT2D eigenvalue weighted by molar-refractivity contribution is 7.11. The minimum atomic E-state index is -0.662. The lowest BCUT2D eigenvalue weighted by molar-refractivity contribution is -0.131. The minimum absolute atomic E-state index is 0.00617. The number of nitrogens with one attached hydrogen (secondary N) is 1. The predicted molar refractivity (Wildman–Crippen MR) is 517 cm³/mol. The lowest BCUT2D eigenvalue weighted by Crippen LogP contribution is -2.48. The number of nitrogens with zero attached hydrogens (tertiary/aromatic N) is 16. The van der Waals surface area contributed by atoms with Gasteiger partial charge in [0.05, 0.1) is 60.0 Å². The molecule has 0 spiro atoms. The molecule has 0 radical (unpaired) electrons. The van der Waals surface area contributed by atoms with Crippen molar-refractivity contribution in [1.82, 2.24) is 58.7 Å². The summed E-state index contributed by atoms with van der Waals surface area (Å²) in [7, 11) is 6.56. The van der Waals surface area contributed by atoms with Crippen LogP contribution in [-0.4, -0.2) is 172 Å². The van der Waals surface area contributed by atoms with Crippen molar-refractivity contribution in [3.63, 3.8) is 0 Å². The molecule has 0 unspecified atom stereocenters. The van der Waals surface area contributed by atoms with Gasteiger partial charge in [-0.25, -0.2) is 34.9 Å². The predicted octanol–water partition coefficient (Wildman–Crippen LogP) is 14.1. The monoisotopic (exact) mass is 1830 g/mol. The Morgan fingerprint density at radius 3 is 1.44 bits per heavy atom. The van der Waals surface area contributed by atoms with Crippen molar-refractivity contribution in [1.29, 1.82) is 5.41 Å². The van der Waals surface area contributed by atoms with Crippen LogP contribution in [0.4, 0.5) is 0 Å². The van der Waals surface area contributed by atoms with Gasteiger partial charge in [0, 0.05) is 160 Å². The van der Waals surface area contributed by atoms with Gasteiger partial charge < -0.3 is 32.7 Å². The number of amidine groups is 1. The summed E-state index contributed by atoms with van der Waals surface area (Å²) in [5.41, 5.74) is 34.4. The molecule has 27 nitrogen and oxygen atoms in total. The molecule has 1 saturated carbocycles. The molecule has 664 valence electrons. The topological polar surface area (TPSA) is 377 Å². The molecule has 130 heavy (non-hydrogen) atoms. The van der Waals surface area contributed by atoms with Crippen LogP contribution in [0.2, 0.25) is 0 Å². The second-order valence-corrected chi connectivity index (χ2v) is 37.8. The lowest BCUT2D eigenvalue weighted by Gasteiger charge is -2.38. The normalized spacial score (nSPS) is 21.0. The first-order chi connectivity index (χ1) is 62.1. The Kier molecular flexibility index (Phi) is 29.2. The van der Waals surface area contributed by atoms with Crippen LogP contribution in [0.5, 0.6) is 0 Å². The van der Waals surface area contributed by atoms with Crippen LogP contribution in [0.15, 0.2) is 164 Å². The number of aromatic nitrogens is 6. The molecule has 32 heteroatoms. The smallest absolute Gasteiger partial charge is 0.231 e. The summed E-state index contributed by atoms with van der Waals surface area (Å²) in [5.74, 6) is 31.9. The van der Waals surface area contributed by atoms with Crippen LogP contribution in [0.3, 0.4) is 0 Å². The Hall–Kier alpha value is -13.7. The third-order valence-corrected chi connectivity index (χ3v) is 28.8. The van der Waals surface area contributed by atoms with E-state index < -0.39 is 22.2 Å². The molecule has 3 fully saturated rings. The van der Waals surface area contributed by atoms with Gasteiger partial charge in [0.1, 0.15) is 45.7 Å². The van der Waals surface area contributed by atoms with E-state index in [-0.39, 0.29) is 77.5 Å². The van der Waals surface area contributed by atoms with E-state index in [4.69, 9.17) is 28.3 Å². The van der Waals surface area contributed by atoms with Gasteiger partial charge in [-0.2, -0.15) is 4.37 Å². The van der Waals surface area contributed by atoms with E-state index in [0.717, 1.165) is 116 Å². The molecular weight excluding hydrogens is 1730 g/mol. The van der Waals surface area contributed by atoms with Gasteiger partial charge in [-0.1, -0.05) is 66.7 Å². The molecule has 10 aromatic rings. The maximum atomic E-state index is 13.0. The standard InChI is InChI=1S/C26H29N3O2S.C20H20N4OS.C18H18N4OS.2C17H17N5OS/c1-3-7-19-8-4-9-20(14-19)21-15-22(32-18-21)26(2)16-23(27)29(25(31)17-26)13-6-12-28-11-5-10-24(28)30;1-20(9-18(25)24(2)19(21)23-20)17-8-16(12-26-17)15-7-14(10-22-11-15)6-5-13-3-4-13;1-4-6-12-7-5-8-13(9-12)14-10-15(24-21-14)18(2)11-16(23)22(3)17(19)20-18;1-4-5-12-8-19-9-13(20-12)11-6-14(24-10-11)17(2)7-15(23)22(3)16(18)21-17;1-4-5-12-7-13(20-10-19-12)11-6-14(24-9-11)17(2)8-15(23)22(3)16(18)21-17/h4,8-9,14-15,18,27H,5-6,10-13,16-17H2,1-2H3;7-8,10-13H,3-4,9H2,1-2H3,(H2,21,23);5,7-10H,11H2,1-3H3,(H2,19,20);6,8-10H,7H2,1-3H3,(H2,18,21);6-7,9-10H,8H2,1-3H3,(H2,18,21)/t26-;20-;18-;2*17-/m00000/s1. The zero-order valence-electron chi connectivity index (χ0n) is 74.8. The highest BCUT2D eigenvalue weighted by Crippen LogP contribution is 2.46. The van der Waals surface area contributed by atoms with Crippen molar-refractivity contribution in [2.45, 2.75) is 161 Å². The summed E-state index contributed by atoms with van der Waals surface area (Å²) in [6.45, 7) is 19.0. The SMILES string of the molecule is CC#Cc1cc(-c2csc([C@]3(C)CC(=O)N(C)C(N)=N3)c2)ncn1.CC#Cc1cccc(-c2cc([C@]3(C)CC(=O)N(C)C(N)=N3)sn2)c1.CC#Cc1cccc(-c2csc([C@@]3(C)CC(=N)N(CCCN4CCCC4=O)C(=O)C3)c2)c1.CC#Cc1cncc(-c2csc([C@]3(C)CC(=O)N(C)C(N)=N3)c2)n1.CN1C(=O)C[C@@](C)(c2cc(-c3cncc(C#CC4CC4)c3)cs2)N=C1N. The van der Waals surface area contributed by atoms with Crippen LogP contribution >= 0.6 is 56.9 Å². The molecule has 7 aliphatic rings. The highest BCUT2D eigenvalue weighted by Gasteiger charge is 2.44. The summed E-state index contributed by atoms with van der Waals surface area (Å²) in [6.07, 6.45) is 15.3. The van der Waals surface area contributed by atoms with Crippen molar-refractivity contribution in [2.24, 2.45) is 48.8 Å². The minimum Gasteiger partial charge on any atom is -0.369 e. The van der Waals surface area contributed by atoms with Crippen molar-refractivity contribution >= 4 is 122 Å².